The summed E-state index contributed by atoms with van der Waals surface area (Å²) in [4.78, 5) is 0. The second-order valence-electron chi connectivity index (χ2n) is 4.44. The number of hydrogen-bond acceptors (Lipinski definition) is 2. The topological polar surface area (TPSA) is 21.3 Å². The van der Waals surface area contributed by atoms with Crippen LogP contribution in [0.15, 0.2) is 42.5 Å². The van der Waals surface area contributed by atoms with Crippen LogP contribution in [0.5, 0.6) is 5.75 Å². The summed E-state index contributed by atoms with van der Waals surface area (Å²) in [6.45, 7) is 0.793. The lowest BCUT2D eigenvalue weighted by Gasteiger charge is -2.09. The molecule has 0 atom stereocenters. The van der Waals surface area contributed by atoms with Gasteiger partial charge in [0.05, 0.1) is 7.11 Å². The van der Waals surface area contributed by atoms with Crippen molar-refractivity contribution in [2.45, 2.75) is 13.0 Å². The summed E-state index contributed by atoms with van der Waals surface area (Å²) in [5.74, 6) is -0.212. The highest BCUT2D eigenvalue weighted by molar-refractivity contribution is 5.33. The number of nitrogens with one attached hydrogen (secondary N) is 1. The van der Waals surface area contributed by atoms with E-state index in [1.807, 2.05) is 24.3 Å². The van der Waals surface area contributed by atoms with E-state index in [1.54, 1.807) is 7.11 Å². The average Bonchev–Trinajstić information content (AvgIpc) is 2.46. The molecular formula is C16H17F2NO. The van der Waals surface area contributed by atoms with Gasteiger partial charge in [-0.05, 0) is 36.7 Å². The summed E-state index contributed by atoms with van der Waals surface area (Å²) in [5.41, 5.74) is 1.14. The zero-order chi connectivity index (χ0) is 14.4. The van der Waals surface area contributed by atoms with Crippen molar-refractivity contribution in [3.05, 3.63) is 65.2 Å². The maximum Gasteiger partial charge on any atom is 0.130 e. The van der Waals surface area contributed by atoms with Crippen LogP contribution in [0.25, 0.3) is 0 Å². The molecule has 2 nitrogen and oxygen atoms in total. The van der Waals surface area contributed by atoms with Crippen molar-refractivity contribution in [3.8, 4) is 5.75 Å². The van der Waals surface area contributed by atoms with Crippen LogP contribution in [0.2, 0.25) is 0 Å². The zero-order valence-electron chi connectivity index (χ0n) is 11.3. The third kappa shape index (κ3) is 3.54. The summed E-state index contributed by atoms with van der Waals surface area (Å²) in [6, 6.07) is 11.6. The first-order valence-corrected chi connectivity index (χ1v) is 6.48. The van der Waals surface area contributed by atoms with Gasteiger partial charge in [-0.3, -0.25) is 0 Å². The molecule has 0 aliphatic heterocycles. The first-order chi connectivity index (χ1) is 9.72. The second-order valence-corrected chi connectivity index (χ2v) is 4.44. The third-order valence-electron chi connectivity index (χ3n) is 3.13. The Hall–Kier alpha value is -1.94. The first kappa shape index (κ1) is 14.5. The lowest BCUT2D eigenvalue weighted by molar-refractivity contribution is 0.409. The van der Waals surface area contributed by atoms with Crippen molar-refractivity contribution < 1.29 is 13.5 Å². The normalized spacial score (nSPS) is 10.6. The largest absolute Gasteiger partial charge is 0.496 e. The van der Waals surface area contributed by atoms with Gasteiger partial charge in [-0.25, -0.2) is 8.78 Å². The molecule has 0 spiro atoms. The Bertz CT molecular complexity index is 552. The highest BCUT2D eigenvalue weighted by Crippen LogP contribution is 2.17. The number of methoxy groups -OCH3 is 1. The lowest BCUT2D eigenvalue weighted by atomic mass is 10.1. The van der Waals surface area contributed by atoms with E-state index in [0.29, 0.717) is 6.54 Å². The van der Waals surface area contributed by atoms with Gasteiger partial charge in [-0.1, -0.05) is 24.3 Å². The fourth-order valence-electron chi connectivity index (χ4n) is 2.05. The molecular weight excluding hydrogens is 260 g/mol. The van der Waals surface area contributed by atoms with Crippen molar-refractivity contribution >= 4 is 0 Å². The molecule has 0 heterocycles. The molecule has 0 aliphatic rings. The van der Waals surface area contributed by atoms with Crippen molar-refractivity contribution in [2.24, 2.45) is 0 Å². The van der Waals surface area contributed by atoms with Crippen LogP contribution in [0.1, 0.15) is 11.1 Å². The Kier molecular flexibility index (Phi) is 5.07. The van der Waals surface area contributed by atoms with Crippen molar-refractivity contribution in [1.29, 1.82) is 0 Å². The fraction of sp³-hybridized carbons (Fsp3) is 0.250. The monoisotopic (exact) mass is 277 g/mol. The predicted octanol–water partition coefficient (Wildman–Crippen LogP) is 3.31. The van der Waals surface area contributed by atoms with Gasteiger partial charge in [0, 0.05) is 12.1 Å². The summed E-state index contributed by atoms with van der Waals surface area (Å²) < 4.78 is 32.1. The van der Waals surface area contributed by atoms with Crippen molar-refractivity contribution in [1.82, 2.24) is 5.32 Å². The molecule has 0 saturated carbocycles. The highest BCUT2D eigenvalue weighted by Gasteiger charge is 2.07. The third-order valence-corrected chi connectivity index (χ3v) is 3.13. The van der Waals surface area contributed by atoms with Gasteiger partial charge in [0.1, 0.15) is 17.4 Å². The maximum atomic E-state index is 13.4. The summed E-state index contributed by atoms with van der Waals surface area (Å²) in [5, 5.41) is 3.05. The molecule has 20 heavy (non-hydrogen) atoms. The molecule has 0 radical (unpaired) electrons. The Morgan fingerprint density at radius 1 is 1.00 bits per heavy atom. The Morgan fingerprint density at radius 2 is 1.70 bits per heavy atom. The number of halogens is 2. The number of rotatable bonds is 6. The molecule has 0 unspecified atom stereocenters. The lowest BCUT2D eigenvalue weighted by Crippen LogP contribution is -2.18. The Morgan fingerprint density at radius 3 is 2.40 bits per heavy atom. The SMILES string of the molecule is COc1ccccc1CCNCc1c(F)cccc1F. The van der Waals surface area contributed by atoms with E-state index in [9.17, 15) is 8.78 Å². The minimum absolute atomic E-state index is 0.0764. The highest BCUT2D eigenvalue weighted by atomic mass is 19.1. The minimum atomic E-state index is -0.519. The maximum absolute atomic E-state index is 13.4. The van der Waals surface area contributed by atoms with Gasteiger partial charge >= 0.3 is 0 Å². The van der Waals surface area contributed by atoms with Crippen LogP contribution >= 0.6 is 0 Å². The van der Waals surface area contributed by atoms with Crippen LogP contribution in [-0.2, 0) is 13.0 Å². The Labute approximate surface area is 117 Å². The summed E-state index contributed by atoms with van der Waals surface area (Å²) >= 11 is 0. The standard InChI is InChI=1S/C16H17F2NO/c1-20-16-8-3-2-5-12(16)9-10-19-11-13-14(17)6-4-7-15(13)18/h2-8,19H,9-11H2,1H3. The van der Waals surface area contributed by atoms with Crippen LogP contribution < -0.4 is 10.1 Å². The van der Waals surface area contributed by atoms with E-state index < -0.39 is 11.6 Å². The molecule has 4 heteroatoms. The van der Waals surface area contributed by atoms with Crippen molar-refractivity contribution in [2.75, 3.05) is 13.7 Å². The van der Waals surface area contributed by atoms with Crippen LogP contribution in [-0.4, -0.2) is 13.7 Å². The van der Waals surface area contributed by atoms with Gasteiger partial charge < -0.3 is 10.1 Å². The van der Waals surface area contributed by atoms with Crippen LogP contribution in [0.4, 0.5) is 8.78 Å². The molecule has 0 fully saturated rings. The van der Waals surface area contributed by atoms with Gasteiger partial charge in [0.2, 0.25) is 0 Å². The predicted molar refractivity (Wildman–Crippen MR) is 74.8 cm³/mol. The van der Waals surface area contributed by atoms with E-state index >= 15 is 0 Å². The van der Waals surface area contributed by atoms with E-state index in [-0.39, 0.29) is 12.1 Å². The average molecular weight is 277 g/mol. The number of hydrogen-bond donors (Lipinski definition) is 1. The summed E-state index contributed by atoms with van der Waals surface area (Å²) in [6.07, 6.45) is 0.736. The molecule has 106 valence electrons. The van der Waals surface area contributed by atoms with Crippen LogP contribution in [0, 0.1) is 11.6 Å². The van der Waals surface area contributed by atoms with E-state index in [4.69, 9.17) is 4.74 Å². The number of benzene rings is 2. The van der Waals surface area contributed by atoms with E-state index in [0.717, 1.165) is 17.7 Å². The molecule has 0 amide bonds. The fourth-order valence-corrected chi connectivity index (χ4v) is 2.05. The van der Waals surface area contributed by atoms with Crippen molar-refractivity contribution in [3.63, 3.8) is 0 Å². The molecule has 2 rings (SSSR count). The quantitative estimate of drug-likeness (QED) is 0.818. The van der Waals surface area contributed by atoms with Crippen LogP contribution in [0.3, 0.4) is 0 Å². The molecule has 0 bridgehead atoms. The molecule has 0 aliphatic carbocycles. The second kappa shape index (κ2) is 7.01. The molecule has 2 aromatic rings. The number of ether oxygens (including phenoxy) is 1. The van der Waals surface area contributed by atoms with Gasteiger partial charge in [-0.2, -0.15) is 0 Å². The van der Waals surface area contributed by atoms with E-state index in [1.165, 1.54) is 18.2 Å². The Balaban J connectivity index is 1.88. The van der Waals surface area contributed by atoms with Gasteiger partial charge in [-0.15, -0.1) is 0 Å². The van der Waals surface area contributed by atoms with Gasteiger partial charge in [0.25, 0.3) is 0 Å². The number of para-hydroxylation sites is 1. The zero-order valence-corrected chi connectivity index (χ0v) is 11.3. The molecule has 0 aromatic heterocycles. The van der Waals surface area contributed by atoms with E-state index in [2.05, 4.69) is 5.32 Å². The smallest absolute Gasteiger partial charge is 0.130 e. The molecule has 0 saturated heterocycles. The first-order valence-electron chi connectivity index (χ1n) is 6.48. The van der Waals surface area contributed by atoms with Gasteiger partial charge in [0.15, 0.2) is 0 Å². The molecule has 1 N–H and O–H groups in total. The summed E-state index contributed by atoms with van der Waals surface area (Å²) in [7, 11) is 1.63. The molecule has 2 aromatic carbocycles. The minimum Gasteiger partial charge on any atom is -0.496 e.